The number of halogens is 3. The average Bonchev–Trinajstić information content (AvgIpc) is 3.13. The number of imidazole rings is 1. The van der Waals surface area contributed by atoms with Crippen LogP contribution in [0.5, 0.6) is 0 Å². The quantitative estimate of drug-likeness (QED) is 0.508. The second kappa shape index (κ2) is 6.40. The smallest absolute Gasteiger partial charge is 0.411 e. The van der Waals surface area contributed by atoms with Crippen molar-refractivity contribution in [2.45, 2.75) is 44.8 Å². The number of benzene rings is 2. The molecule has 1 aliphatic heterocycles. The zero-order valence-electron chi connectivity index (χ0n) is 15.7. The number of fused-ring (bicyclic) bond motifs is 3. The molecule has 0 saturated carbocycles. The number of ether oxygens (including phenoxy) is 1. The summed E-state index contributed by atoms with van der Waals surface area (Å²) in [7, 11) is 0. The highest BCUT2D eigenvalue weighted by molar-refractivity contribution is 9.10. The number of amides is 1. The summed E-state index contributed by atoms with van der Waals surface area (Å²) in [5.41, 5.74) is 0.667. The maximum atomic E-state index is 14.2. The summed E-state index contributed by atoms with van der Waals surface area (Å²) < 4.78 is 34.6. The van der Waals surface area contributed by atoms with Crippen LogP contribution >= 0.6 is 15.9 Å². The molecule has 28 heavy (non-hydrogen) atoms. The molecule has 1 N–H and O–H groups in total. The van der Waals surface area contributed by atoms with E-state index >= 15 is 0 Å². The SMILES string of the molecule is CC(C)(C)OC(=O)N1CC(F)(F)CC1c1nc2c(ccc3cc(Br)ccc32)[nH]1. The van der Waals surface area contributed by atoms with Gasteiger partial charge in [0, 0.05) is 16.3 Å². The molecular formula is C20H20BrF2N3O2. The molecule has 8 heteroatoms. The van der Waals surface area contributed by atoms with Gasteiger partial charge in [-0.3, -0.25) is 4.90 Å². The van der Waals surface area contributed by atoms with E-state index in [0.29, 0.717) is 11.3 Å². The minimum absolute atomic E-state index is 0.341. The molecule has 1 amide bonds. The van der Waals surface area contributed by atoms with Crippen molar-refractivity contribution in [1.29, 1.82) is 0 Å². The molecule has 1 unspecified atom stereocenters. The standard InChI is InChI=1S/C20H20BrF2N3O2/c1-19(2,3)28-18(27)26-10-20(22,23)9-15(26)17-24-14-7-4-11-8-12(21)5-6-13(11)16(14)25-17/h4-8,15H,9-10H2,1-3H3,(H,24,25). The van der Waals surface area contributed by atoms with Gasteiger partial charge in [-0.05, 0) is 44.4 Å². The Morgan fingerprint density at radius 1 is 1.32 bits per heavy atom. The molecule has 3 aromatic rings. The summed E-state index contributed by atoms with van der Waals surface area (Å²) in [5, 5.41) is 1.90. The number of aromatic amines is 1. The Morgan fingerprint density at radius 3 is 2.79 bits per heavy atom. The molecule has 4 rings (SSSR count). The Balaban J connectivity index is 1.76. The number of carbonyl (C=O) groups is 1. The van der Waals surface area contributed by atoms with Gasteiger partial charge in [-0.2, -0.15) is 0 Å². The fraction of sp³-hybridized carbons (Fsp3) is 0.400. The summed E-state index contributed by atoms with van der Waals surface area (Å²) in [6.07, 6.45) is -1.25. The van der Waals surface area contributed by atoms with E-state index in [0.717, 1.165) is 25.7 Å². The van der Waals surface area contributed by atoms with Crippen LogP contribution in [0.2, 0.25) is 0 Å². The van der Waals surface area contributed by atoms with Gasteiger partial charge in [-0.15, -0.1) is 0 Å². The fourth-order valence-corrected chi connectivity index (χ4v) is 3.90. The van der Waals surface area contributed by atoms with Crippen molar-refractivity contribution in [3.63, 3.8) is 0 Å². The van der Waals surface area contributed by atoms with Crippen LogP contribution in [-0.2, 0) is 4.74 Å². The van der Waals surface area contributed by atoms with Gasteiger partial charge in [-0.25, -0.2) is 18.6 Å². The monoisotopic (exact) mass is 451 g/mol. The van der Waals surface area contributed by atoms with E-state index in [2.05, 4.69) is 25.9 Å². The van der Waals surface area contributed by atoms with Crippen LogP contribution < -0.4 is 0 Å². The number of alkyl halides is 2. The Kier molecular flexibility index (Phi) is 4.37. The number of rotatable bonds is 1. The minimum atomic E-state index is -2.99. The third-order valence-corrected chi connectivity index (χ3v) is 5.16. The maximum Gasteiger partial charge on any atom is 0.411 e. The number of likely N-dealkylation sites (tertiary alicyclic amines) is 1. The van der Waals surface area contributed by atoms with Gasteiger partial charge in [0.25, 0.3) is 5.92 Å². The van der Waals surface area contributed by atoms with Crippen molar-refractivity contribution in [2.24, 2.45) is 0 Å². The van der Waals surface area contributed by atoms with Gasteiger partial charge in [0.05, 0.1) is 23.6 Å². The first-order valence-electron chi connectivity index (χ1n) is 8.98. The summed E-state index contributed by atoms with van der Waals surface area (Å²) in [5.74, 6) is -2.65. The third-order valence-electron chi connectivity index (χ3n) is 4.66. The van der Waals surface area contributed by atoms with Crippen molar-refractivity contribution in [2.75, 3.05) is 6.54 Å². The van der Waals surface area contributed by atoms with Gasteiger partial charge in [-0.1, -0.05) is 28.1 Å². The third kappa shape index (κ3) is 3.57. The normalized spacial score (nSPS) is 19.5. The maximum absolute atomic E-state index is 14.2. The van der Waals surface area contributed by atoms with Gasteiger partial charge >= 0.3 is 6.09 Å². The zero-order valence-corrected chi connectivity index (χ0v) is 17.3. The van der Waals surface area contributed by atoms with Crippen LogP contribution in [0.4, 0.5) is 13.6 Å². The lowest BCUT2D eigenvalue weighted by Gasteiger charge is -2.27. The molecule has 1 atom stereocenters. The first-order valence-corrected chi connectivity index (χ1v) is 9.77. The zero-order chi connectivity index (χ0) is 20.3. The topological polar surface area (TPSA) is 58.2 Å². The summed E-state index contributed by atoms with van der Waals surface area (Å²) in [6, 6.07) is 8.75. The van der Waals surface area contributed by atoms with Crippen molar-refractivity contribution in [1.82, 2.24) is 14.9 Å². The summed E-state index contributed by atoms with van der Waals surface area (Å²) >= 11 is 3.45. The summed E-state index contributed by atoms with van der Waals surface area (Å²) in [4.78, 5) is 21.3. The Labute approximate surface area is 169 Å². The average molecular weight is 452 g/mol. The Hall–Kier alpha value is -2.22. The molecule has 1 aromatic heterocycles. The Bertz CT molecular complexity index is 1070. The van der Waals surface area contributed by atoms with E-state index in [1.165, 1.54) is 0 Å². The van der Waals surface area contributed by atoms with Gasteiger partial charge in [0.15, 0.2) is 0 Å². The predicted octanol–water partition coefficient (Wildman–Crippen LogP) is 5.80. The number of hydrogen-bond donors (Lipinski definition) is 1. The van der Waals surface area contributed by atoms with Gasteiger partial charge in [0.1, 0.15) is 11.4 Å². The number of aromatic nitrogens is 2. The number of nitrogens with one attached hydrogen (secondary N) is 1. The van der Waals surface area contributed by atoms with Crippen molar-refractivity contribution < 1.29 is 18.3 Å². The van der Waals surface area contributed by atoms with Crippen LogP contribution in [-0.4, -0.2) is 39.0 Å². The van der Waals surface area contributed by atoms with Crippen LogP contribution in [0.1, 0.15) is 39.1 Å². The van der Waals surface area contributed by atoms with Crippen LogP contribution in [0.25, 0.3) is 21.8 Å². The molecule has 0 radical (unpaired) electrons. The summed E-state index contributed by atoms with van der Waals surface area (Å²) in [6.45, 7) is 4.44. The lowest BCUT2D eigenvalue weighted by Crippen LogP contribution is -2.38. The minimum Gasteiger partial charge on any atom is -0.444 e. The highest BCUT2D eigenvalue weighted by Crippen LogP contribution is 2.41. The molecule has 0 aliphatic carbocycles. The molecule has 1 fully saturated rings. The predicted molar refractivity (Wildman–Crippen MR) is 107 cm³/mol. The lowest BCUT2D eigenvalue weighted by molar-refractivity contribution is -0.00248. The van der Waals surface area contributed by atoms with Crippen molar-refractivity contribution in [3.05, 3.63) is 40.6 Å². The van der Waals surface area contributed by atoms with E-state index in [4.69, 9.17) is 4.74 Å². The van der Waals surface area contributed by atoms with Crippen LogP contribution in [0.15, 0.2) is 34.8 Å². The van der Waals surface area contributed by atoms with Crippen molar-refractivity contribution in [3.8, 4) is 0 Å². The molecule has 148 valence electrons. The molecule has 2 aromatic carbocycles. The van der Waals surface area contributed by atoms with E-state index in [1.54, 1.807) is 20.8 Å². The van der Waals surface area contributed by atoms with E-state index < -0.39 is 36.6 Å². The second-order valence-corrected chi connectivity index (χ2v) is 9.05. The molecule has 0 bridgehead atoms. The second-order valence-electron chi connectivity index (χ2n) is 8.13. The van der Waals surface area contributed by atoms with E-state index in [1.807, 2.05) is 30.3 Å². The highest BCUT2D eigenvalue weighted by Gasteiger charge is 2.50. The van der Waals surface area contributed by atoms with E-state index in [-0.39, 0.29) is 0 Å². The molecule has 2 heterocycles. The number of nitrogens with zero attached hydrogens (tertiary/aromatic N) is 2. The van der Waals surface area contributed by atoms with Gasteiger partial charge < -0.3 is 9.72 Å². The number of hydrogen-bond acceptors (Lipinski definition) is 3. The molecule has 0 spiro atoms. The van der Waals surface area contributed by atoms with Gasteiger partial charge in [0.2, 0.25) is 0 Å². The number of carbonyl (C=O) groups excluding carboxylic acids is 1. The molecule has 5 nitrogen and oxygen atoms in total. The van der Waals surface area contributed by atoms with E-state index in [9.17, 15) is 13.6 Å². The van der Waals surface area contributed by atoms with Crippen molar-refractivity contribution >= 4 is 43.8 Å². The Morgan fingerprint density at radius 2 is 2.07 bits per heavy atom. The largest absolute Gasteiger partial charge is 0.444 e. The molecule has 1 aliphatic rings. The molecular weight excluding hydrogens is 432 g/mol. The molecule has 1 saturated heterocycles. The number of H-pyrrole nitrogens is 1. The van der Waals surface area contributed by atoms with Crippen LogP contribution in [0, 0.1) is 0 Å². The first-order chi connectivity index (χ1) is 13.0. The first kappa shape index (κ1) is 19.1. The van der Waals surface area contributed by atoms with Crippen LogP contribution in [0.3, 0.4) is 0 Å². The highest BCUT2D eigenvalue weighted by atomic mass is 79.9. The fourth-order valence-electron chi connectivity index (χ4n) is 3.52. The lowest BCUT2D eigenvalue weighted by atomic mass is 10.1.